The summed E-state index contributed by atoms with van der Waals surface area (Å²) >= 11 is 24.2. The van der Waals surface area contributed by atoms with Gasteiger partial charge in [-0.3, -0.25) is 14.9 Å². The van der Waals surface area contributed by atoms with E-state index < -0.39 is 5.91 Å². The fraction of sp³-hybridized carbons (Fsp3) is 0.167. The predicted molar refractivity (Wildman–Crippen MR) is 169 cm³/mol. The molecule has 1 aliphatic rings. The number of carbonyl (C=O) groups excluding carboxylic acids is 2. The summed E-state index contributed by atoms with van der Waals surface area (Å²) in [4.78, 5) is 29.7. The van der Waals surface area contributed by atoms with E-state index in [4.69, 9.17) is 51.4 Å². The van der Waals surface area contributed by atoms with Crippen molar-refractivity contribution in [2.24, 2.45) is 0 Å². The zero-order valence-electron chi connectivity index (χ0n) is 21.9. The molecule has 0 bridgehead atoms. The van der Waals surface area contributed by atoms with Gasteiger partial charge in [-0.05, 0) is 79.3 Å². The third kappa shape index (κ3) is 6.68. The third-order valence-corrected chi connectivity index (χ3v) is 7.81. The second kappa shape index (κ2) is 12.5. The van der Waals surface area contributed by atoms with Gasteiger partial charge in [-0.2, -0.15) is 0 Å². The number of hydrogen-bond acceptors (Lipinski definition) is 5. The molecule has 7 nitrogen and oxygen atoms in total. The number of thiocarbonyl (C=S) groups is 1. The van der Waals surface area contributed by atoms with Crippen LogP contribution in [-0.4, -0.2) is 48.0 Å². The molecule has 2 amide bonds. The van der Waals surface area contributed by atoms with Crippen LogP contribution in [0.3, 0.4) is 0 Å². The maximum absolute atomic E-state index is 13.0. The molecule has 5 rings (SSSR count). The first kappa shape index (κ1) is 29.0. The van der Waals surface area contributed by atoms with Gasteiger partial charge in [-0.15, -0.1) is 0 Å². The first-order valence-corrected chi connectivity index (χ1v) is 14.3. The number of rotatable bonds is 5. The highest BCUT2D eigenvalue weighted by Crippen LogP contribution is 2.32. The van der Waals surface area contributed by atoms with Crippen molar-refractivity contribution in [2.45, 2.75) is 6.92 Å². The Bertz CT molecular complexity index is 1630. The van der Waals surface area contributed by atoms with Gasteiger partial charge < -0.3 is 19.5 Å². The molecule has 3 aromatic carbocycles. The van der Waals surface area contributed by atoms with Gasteiger partial charge >= 0.3 is 0 Å². The number of hydrogen-bond donors (Lipinski definition) is 2. The molecule has 0 atom stereocenters. The van der Waals surface area contributed by atoms with Crippen molar-refractivity contribution < 1.29 is 14.0 Å². The van der Waals surface area contributed by atoms with E-state index in [9.17, 15) is 9.59 Å². The highest BCUT2D eigenvalue weighted by Gasteiger charge is 2.24. The van der Waals surface area contributed by atoms with Crippen LogP contribution in [0.2, 0.25) is 15.1 Å². The van der Waals surface area contributed by atoms with Gasteiger partial charge in [0.2, 0.25) is 0 Å². The maximum atomic E-state index is 13.0. The minimum Gasteiger partial charge on any atom is -0.451 e. The first-order valence-electron chi connectivity index (χ1n) is 12.8. The first-order chi connectivity index (χ1) is 19.7. The quantitative estimate of drug-likeness (QED) is 0.226. The summed E-state index contributed by atoms with van der Waals surface area (Å²) < 4.78 is 5.68. The van der Waals surface area contributed by atoms with Crippen molar-refractivity contribution in [3.63, 3.8) is 0 Å². The highest BCUT2D eigenvalue weighted by atomic mass is 35.5. The van der Waals surface area contributed by atoms with E-state index in [0.29, 0.717) is 58.3 Å². The van der Waals surface area contributed by atoms with Gasteiger partial charge in [0.05, 0.1) is 15.7 Å². The summed E-state index contributed by atoms with van der Waals surface area (Å²) in [6.07, 6.45) is 0. The Morgan fingerprint density at radius 1 is 0.878 bits per heavy atom. The van der Waals surface area contributed by atoms with Crippen LogP contribution in [0.4, 0.5) is 11.4 Å². The lowest BCUT2D eigenvalue weighted by Gasteiger charge is -2.36. The number of carbonyl (C=O) groups is 2. The number of aryl methyl sites for hydroxylation is 1. The Balaban J connectivity index is 1.16. The molecule has 1 aliphatic heterocycles. The van der Waals surface area contributed by atoms with Crippen LogP contribution < -0.4 is 15.5 Å². The van der Waals surface area contributed by atoms with E-state index >= 15 is 0 Å². The topological polar surface area (TPSA) is 77.8 Å². The highest BCUT2D eigenvalue weighted by molar-refractivity contribution is 7.80. The van der Waals surface area contributed by atoms with E-state index in [1.165, 1.54) is 6.07 Å². The van der Waals surface area contributed by atoms with Gasteiger partial charge in [-0.1, -0.05) is 53.0 Å². The van der Waals surface area contributed by atoms with Crippen LogP contribution in [0.25, 0.3) is 11.3 Å². The zero-order chi connectivity index (χ0) is 29.1. The molecule has 0 radical (unpaired) electrons. The molecule has 2 N–H and O–H groups in total. The maximum Gasteiger partial charge on any atom is 0.293 e. The molecule has 0 spiro atoms. The summed E-state index contributed by atoms with van der Waals surface area (Å²) in [5, 5.41) is 7.14. The summed E-state index contributed by atoms with van der Waals surface area (Å²) in [5.41, 5.74) is 3.75. The normalized spacial score (nSPS) is 13.2. The van der Waals surface area contributed by atoms with Gasteiger partial charge in [-0.25, -0.2) is 0 Å². The average Bonchev–Trinajstić information content (AvgIpc) is 3.45. The number of nitrogens with zero attached hydrogens (tertiary/aromatic N) is 2. The lowest BCUT2D eigenvalue weighted by atomic mass is 10.1. The molecule has 2 heterocycles. The van der Waals surface area contributed by atoms with Crippen LogP contribution in [-0.2, 0) is 0 Å². The summed E-state index contributed by atoms with van der Waals surface area (Å²) in [5.74, 6) is -0.00591. The van der Waals surface area contributed by atoms with E-state index in [2.05, 4.69) is 15.5 Å². The molecule has 210 valence electrons. The Kier molecular flexibility index (Phi) is 8.85. The molecule has 11 heteroatoms. The molecule has 0 aliphatic carbocycles. The van der Waals surface area contributed by atoms with Crippen molar-refractivity contribution in [1.29, 1.82) is 0 Å². The number of amides is 2. The SMILES string of the molecule is Cc1ccccc1C(=O)N1CCN(c2ccc(NC(=S)NC(=O)c3ccc(-c4cc(Cl)ccc4Cl)o3)cc2Cl)CC1. The summed E-state index contributed by atoms with van der Waals surface area (Å²) in [6.45, 7) is 4.45. The van der Waals surface area contributed by atoms with Crippen LogP contribution in [0.5, 0.6) is 0 Å². The molecule has 1 saturated heterocycles. The monoisotopic (exact) mass is 626 g/mol. The molecule has 4 aromatic rings. The largest absolute Gasteiger partial charge is 0.451 e. The predicted octanol–water partition coefficient (Wildman–Crippen LogP) is 7.30. The third-order valence-electron chi connectivity index (χ3n) is 6.74. The summed E-state index contributed by atoms with van der Waals surface area (Å²) in [6, 6.07) is 21.2. The standard InChI is InChI=1S/C30H25Cl3N4O3S/c1-18-4-2-3-5-21(18)29(39)37-14-12-36(13-15-37)25-9-7-20(17-24(25)33)34-30(41)35-28(38)27-11-10-26(40-27)22-16-19(31)6-8-23(22)32/h2-11,16-17H,12-15H2,1H3,(H2,34,35,38,41). The number of anilines is 2. The lowest BCUT2D eigenvalue weighted by molar-refractivity contribution is 0.0746. The zero-order valence-corrected chi connectivity index (χ0v) is 25.0. The second-order valence-electron chi connectivity index (χ2n) is 9.46. The van der Waals surface area contributed by atoms with Crippen molar-refractivity contribution in [3.8, 4) is 11.3 Å². The number of piperazine rings is 1. The van der Waals surface area contributed by atoms with Crippen LogP contribution in [0.15, 0.2) is 77.2 Å². The Hall–Kier alpha value is -3.56. The number of furan rings is 1. The van der Waals surface area contributed by atoms with Crippen LogP contribution >= 0.6 is 47.0 Å². The fourth-order valence-corrected chi connectivity index (χ4v) is 5.49. The van der Waals surface area contributed by atoms with Crippen molar-refractivity contribution in [1.82, 2.24) is 10.2 Å². The molecule has 1 aromatic heterocycles. The Labute approximate surface area is 258 Å². The van der Waals surface area contributed by atoms with Gasteiger partial charge in [0.25, 0.3) is 11.8 Å². The van der Waals surface area contributed by atoms with Gasteiger partial charge in [0.15, 0.2) is 10.9 Å². The fourth-order valence-electron chi connectivity index (χ4n) is 4.59. The number of benzene rings is 3. The van der Waals surface area contributed by atoms with Crippen molar-refractivity contribution >= 4 is 75.3 Å². The summed E-state index contributed by atoms with van der Waals surface area (Å²) in [7, 11) is 0. The van der Waals surface area contributed by atoms with Crippen LogP contribution in [0, 0.1) is 6.92 Å². The van der Waals surface area contributed by atoms with E-state index in [1.54, 1.807) is 30.3 Å². The lowest BCUT2D eigenvalue weighted by Crippen LogP contribution is -2.49. The molecule has 41 heavy (non-hydrogen) atoms. The molecule has 1 fully saturated rings. The number of nitrogens with one attached hydrogen (secondary N) is 2. The second-order valence-corrected chi connectivity index (χ2v) is 11.1. The molecular weight excluding hydrogens is 603 g/mol. The Morgan fingerprint density at radius 3 is 2.37 bits per heavy atom. The molecule has 0 saturated carbocycles. The minimum atomic E-state index is -0.521. The van der Waals surface area contributed by atoms with E-state index in [0.717, 1.165) is 16.8 Å². The molecular formula is C30H25Cl3N4O3S. The van der Waals surface area contributed by atoms with Crippen molar-refractivity contribution in [3.05, 3.63) is 105 Å². The van der Waals surface area contributed by atoms with E-state index in [-0.39, 0.29) is 16.8 Å². The number of halogens is 3. The van der Waals surface area contributed by atoms with E-state index in [1.807, 2.05) is 48.2 Å². The molecule has 0 unspecified atom stereocenters. The Morgan fingerprint density at radius 2 is 1.63 bits per heavy atom. The smallest absolute Gasteiger partial charge is 0.293 e. The average molecular weight is 628 g/mol. The van der Waals surface area contributed by atoms with Gasteiger partial charge in [0, 0.05) is 48.0 Å². The minimum absolute atomic E-state index is 0.0444. The van der Waals surface area contributed by atoms with Crippen LogP contribution in [0.1, 0.15) is 26.5 Å². The van der Waals surface area contributed by atoms with Crippen molar-refractivity contribution in [2.75, 3.05) is 36.4 Å². The van der Waals surface area contributed by atoms with Gasteiger partial charge in [0.1, 0.15) is 5.76 Å².